The molecule has 0 radical (unpaired) electrons. The van der Waals surface area contributed by atoms with Crippen molar-refractivity contribution < 1.29 is 35.5 Å². The van der Waals surface area contributed by atoms with Crippen molar-refractivity contribution in [2.75, 3.05) is 26.8 Å². The number of ether oxygens (including phenoxy) is 1. The largest absolute Gasteiger partial charge is 0.522 e. The first-order valence-electron chi connectivity index (χ1n) is 5.28. The fraction of sp³-hybridized carbons (Fsp3) is 0.889. The van der Waals surface area contributed by atoms with Crippen molar-refractivity contribution in [1.29, 1.82) is 0 Å². The van der Waals surface area contributed by atoms with E-state index in [1.54, 1.807) is 7.11 Å². The lowest BCUT2D eigenvalue weighted by Crippen LogP contribution is -2.22. The molecule has 0 spiro atoms. The average molecular weight is 292 g/mol. The lowest BCUT2D eigenvalue weighted by molar-refractivity contribution is -0.534. The maximum Gasteiger partial charge on any atom is 0.522 e. The van der Waals surface area contributed by atoms with Gasteiger partial charge in [-0.3, -0.25) is 4.55 Å². The van der Waals surface area contributed by atoms with Crippen molar-refractivity contribution in [2.24, 2.45) is 0 Å². The van der Waals surface area contributed by atoms with E-state index < -0.39 is 15.6 Å². The van der Waals surface area contributed by atoms with Crippen molar-refractivity contribution in [3.63, 3.8) is 0 Å². The smallest absolute Gasteiger partial charge is 0.374 e. The molecule has 1 saturated heterocycles. The van der Waals surface area contributed by atoms with Crippen LogP contribution in [-0.2, 0) is 14.9 Å². The van der Waals surface area contributed by atoms with Crippen molar-refractivity contribution >= 4 is 16.3 Å². The van der Waals surface area contributed by atoms with Crippen molar-refractivity contribution in [2.45, 2.75) is 24.8 Å². The van der Waals surface area contributed by atoms with Crippen LogP contribution in [0.25, 0.3) is 0 Å². The Morgan fingerprint density at radius 2 is 1.72 bits per heavy atom. The summed E-state index contributed by atoms with van der Waals surface area (Å²) >= 11 is 0. The molecule has 5 nitrogen and oxygen atoms in total. The lowest BCUT2D eigenvalue weighted by atomic mass is 10.2. The summed E-state index contributed by atoms with van der Waals surface area (Å²) in [6.07, 6.45) is 6.25. The predicted molar refractivity (Wildman–Crippen MR) is 59.4 cm³/mol. The van der Waals surface area contributed by atoms with Crippen LogP contribution in [0.2, 0.25) is 0 Å². The summed E-state index contributed by atoms with van der Waals surface area (Å²) in [6.45, 7) is 3.22. The first-order chi connectivity index (χ1) is 8.18. The Hall–Kier alpha value is -0.670. The molecule has 0 aromatic carbocycles. The summed E-state index contributed by atoms with van der Waals surface area (Å²) in [5.41, 5.74) is -5.53. The molecule has 9 heteroatoms. The number of piperidine rings is 1. The van der Waals surface area contributed by atoms with Gasteiger partial charge >= 0.3 is 15.6 Å². The molecule has 108 valence electrons. The third-order valence-electron chi connectivity index (χ3n) is 2.18. The summed E-state index contributed by atoms with van der Waals surface area (Å²) in [4.78, 5) is 0. The molecule has 1 N–H and O–H groups in total. The van der Waals surface area contributed by atoms with Gasteiger partial charge in [-0.15, -0.1) is 0 Å². The Morgan fingerprint density at radius 1 is 1.28 bits per heavy atom. The Morgan fingerprint density at radius 3 is 2.06 bits per heavy atom. The van der Waals surface area contributed by atoms with Gasteiger partial charge in [-0.05, 0) is 6.42 Å². The number of nitrogens with zero attached hydrogens (tertiary/aromatic N) is 1. The topological polar surface area (TPSA) is 66.6 Å². The van der Waals surface area contributed by atoms with E-state index in [9.17, 15) is 13.2 Å². The minimum Gasteiger partial charge on any atom is -0.374 e. The van der Waals surface area contributed by atoms with E-state index >= 15 is 0 Å². The highest BCUT2D eigenvalue weighted by Gasteiger charge is 2.44. The minimum absolute atomic E-state index is 0.764. The van der Waals surface area contributed by atoms with Gasteiger partial charge in [0.15, 0.2) is 6.21 Å². The van der Waals surface area contributed by atoms with Crippen molar-refractivity contribution in [3.05, 3.63) is 0 Å². The highest BCUT2D eigenvalue weighted by molar-refractivity contribution is 7.86. The van der Waals surface area contributed by atoms with E-state index in [0.717, 1.165) is 6.61 Å². The minimum atomic E-state index is -5.84. The number of alkyl halides is 3. The summed E-state index contributed by atoms with van der Waals surface area (Å²) in [5, 5.41) is 0. The molecule has 18 heavy (non-hydrogen) atoms. The van der Waals surface area contributed by atoms with Gasteiger partial charge in [0, 0.05) is 20.0 Å². The lowest BCUT2D eigenvalue weighted by Gasteiger charge is -2.08. The third kappa shape index (κ3) is 7.62. The zero-order chi connectivity index (χ0) is 14.2. The second-order valence-electron chi connectivity index (χ2n) is 3.66. The number of rotatable bonds is 2. The molecule has 1 heterocycles. The summed E-state index contributed by atoms with van der Waals surface area (Å²) in [6, 6.07) is 0. The van der Waals surface area contributed by atoms with Gasteiger partial charge in [-0.25, -0.2) is 4.58 Å². The van der Waals surface area contributed by atoms with Crippen LogP contribution in [0.1, 0.15) is 19.3 Å². The quantitative estimate of drug-likeness (QED) is 0.473. The van der Waals surface area contributed by atoms with E-state index in [1.807, 2.05) is 0 Å². The number of hydrogen-bond donors (Lipinski definition) is 1. The SMILES string of the molecule is COCC=[N+]1CCCCC1.O=S(=O)(O)C(F)(F)F. The third-order valence-corrected chi connectivity index (χ3v) is 2.77. The molecule has 0 unspecified atom stereocenters. The van der Waals surface area contributed by atoms with Crippen LogP contribution in [0, 0.1) is 0 Å². The second-order valence-corrected chi connectivity index (χ2v) is 5.07. The van der Waals surface area contributed by atoms with E-state index in [0.29, 0.717) is 0 Å². The first-order valence-corrected chi connectivity index (χ1v) is 6.72. The monoisotopic (exact) mass is 292 g/mol. The van der Waals surface area contributed by atoms with Crippen LogP contribution in [0.15, 0.2) is 0 Å². The molecule has 1 rings (SSSR count). The van der Waals surface area contributed by atoms with Gasteiger partial charge in [-0.1, -0.05) is 0 Å². The van der Waals surface area contributed by atoms with E-state index in [4.69, 9.17) is 17.7 Å². The molecule has 0 saturated carbocycles. The van der Waals surface area contributed by atoms with Gasteiger partial charge < -0.3 is 4.74 Å². The summed E-state index contributed by atoms with van der Waals surface area (Å²) in [5.74, 6) is 0. The van der Waals surface area contributed by atoms with Crippen molar-refractivity contribution in [3.8, 4) is 0 Å². The molecule has 0 aliphatic carbocycles. The van der Waals surface area contributed by atoms with E-state index in [2.05, 4.69) is 10.8 Å². The molecule has 1 aliphatic rings. The Balaban J connectivity index is 0.000000331. The first kappa shape index (κ1) is 17.3. The summed E-state index contributed by atoms with van der Waals surface area (Å²) in [7, 11) is -4.10. The number of halogens is 3. The molecule has 1 aliphatic heterocycles. The van der Waals surface area contributed by atoms with Gasteiger partial charge in [0.2, 0.25) is 0 Å². The predicted octanol–water partition coefficient (Wildman–Crippen LogP) is 1.29. The van der Waals surface area contributed by atoms with Crippen molar-refractivity contribution in [1.82, 2.24) is 0 Å². The van der Waals surface area contributed by atoms with Crippen LogP contribution in [0.4, 0.5) is 13.2 Å². The zero-order valence-electron chi connectivity index (χ0n) is 9.98. The van der Waals surface area contributed by atoms with Gasteiger partial charge in [0.05, 0.1) is 0 Å². The zero-order valence-corrected chi connectivity index (χ0v) is 10.8. The van der Waals surface area contributed by atoms with Gasteiger partial charge in [0.25, 0.3) is 0 Å². The van der Waals surface area contributed by atoms with Crippen LogP contribution in [0.5, 0.6) is 0 Å². The van der Waals surface area contributed by atoms with Gasteiger partial charge in [0.1, 0.15) is 19.7 Å². The van der Waals surface area contributed by atoms with E-state index in [-0.39, 0.29) is 0 Å². The Kier molecular flexibility index (Phi) is 7.41. The molecular weight excluding hydrogens is 275 g/mol. The van der Waals surface area contributed by atoms with E-state index in [1.165, 1.54) is 32.4 Å². The normalized spacial score (nSPS) is 16.8. The molecule has 0 amide bonds. The molecule has 0 aromatic rings. The van der Waals surface area contributed by atoms with Crippen LogP contribution >= 0.6 is 0 Å². The molecule has 0 aromatic heterocycles. The number of hydrogen-bond acceptors (Lipinski definition) is 3. The summed E-state index contributed by atoms with van der Waals surface area (Å²) < 4.78 is 64.8. The Bertz CT molecular complexity index is 356. The highest BCUT2D eigenvalue weighted by atomic mass is 32.2. The van der Waals surface area contributed by atoms with Gasteiger partial charge in [-0.2, -0.15) is 21.6 Å². The molecule has 1 fully saturated rings. The van der Waals surface area contributed by atoms with Crippen LogP contribution < -0.4 is 0 Å². The number of methoxy groups -OCH3 is 1. The maximum absolute atomic E-state index is 10.7. The second kappa shape index (κ2) is 7.70. The van der Waals surface area contributed by atoms with Crippen LogP contribution in [-0.4, -0.2) is 56.1 Å². The van der Waals surface area contributed by atoms with Crippen LogP contribution in [0.3, 0.4) is 0 Å². The molecular formula is C9H17F3NO4S+. The fourth-order valence-electron chi connectivity index (χ4n) is 1.28. The molecule has 0 atom stereocenters. The molecule has 0 bridgehead atoms. The maximum atomic E-state index is 10.7. The Labute approximate surface area is 104 Å². The standard InChI is InChI=1S/C8H16NO.CHF3O3S/c1-10-8-7-9-5-3-2-4-6-9;2-1(3,4)8(5,6)7/h7H,2-6,8H2,1H3;(H,5,6,7)/q+1;. The average Bonchev–Trinajstić information content (AvgIpc) is 2.26. The fourth-order valence-corrected chi connectivity index (χ4v) is 1.28. The highest BCUT2D eigenvalue weighted by Crippen LogP contribution is 2.20.